The molecule has 26 nitrogen and oxygen atoms in total. The van der Waals surface area contributed by atoms with Gasteiger partial charge in [0.2, 0.25) is 0 Å². The summed E-state index contributed by atoms with van der Waals surface area (Å²) >= 11 is 6.42. The molecule has 0 spiro atoms. The zero-order valence-electron chi connectivity index (χ0n) is 82.7. The van der Waals surface area contributed by atoms with Crippen LogP contribution < -0.4 is 0 Å². The number of nitrogens with zero attached hydrogens (tertiary/aromatic N) is 4. The summed E-state index contributed by atoms with van der Waals surface area (Å²) in [5.41, 5.74) is 6.32. The molecule has 0 aromatic carbocycles. The average molecular weight is 2050 g/mol. The first-order valence-corrected chi connectivity index (χ1v) is 51.6. The number of aliphatic hydroxyl groups is 5. The number of hydrogen-bond acceptors (Lipinski definition) is 30. The fraction of sp³-hybridized carbons (Fsp3) is 0.702. The summed E-state index contributed by atoms with van der Waals surface area (Å²) in [6, 6.07) is 0. The molecule has 0 bridgehead atoms. The highest BCUT2D eigenvalue weighted by molar-refractivity contribution is 7.11. The topological polar surface area (TPSA) is 341 Å². The van der Waals surface area contributed by atoms with Crippen molar-refractivity contribution in [3.63, 3.8) is 0 Å². The van der Waals surface area contributed by atoms with Crippen molar-refractivity contribution in [2.45, 2.75) is 335 Å². The summed E-state index contributed by atoms with van der Waals surface area (Å²) in [6.45, 7) is 45.2. The van der Waals surface area contributed by atoms with E-state index in [4.69, 9.17) is 46.3 Å². The minimum atomic E-state index is -1.31. The highest BCUT2D eigenvalue weighted by atomic mass is 32.1. The molecule has 0 fully saturated rings. The van der Waals surface area contributed by atoms with E-state index in [-0.39, 0.29) is 103 Å². The van der Waals surface area contributed by atoms with Gasteiger partial charge in [0, 0.05) is 143 Å². The fourth-order valence-corrected chi connectivity index (χ4v) is 20.7. The van der Waals surface area contributed by atoms with Crippen LogP contribution in [0.5, 0.6) is 0 Å². The molecule has 131 heavy (non-hydrogen) atoms. The van der Waals surface area contributed by atoms with E-state index in [1.165, 1.54) is 32.5 Å². The van der Waals surface area contributed by atoms with Crippen LogP contribution in [0.25, 0.3) is 24.3 Å². The van der Waals surface area contributed by atoms with E-state index in [1.807, 2.05) is 138 Å². The number of rotatable bonds is 63. The van der Waals surface area contributed by atoms with Crippen molar-refractivity contribution in [2.75, 3.05) is 41.2 Å². The third-order valence-electron chi connectivity index (χ3n) is 24.4. The predicted molar refractivity (Wildman–Crippen MR) is 556 cm³/mol. The monoisotopic (exact) mass is 2040 g/mol. The number of aryl methyl sites for hydroxylation is 4. The third-order valence-corrected chi connectivity index (χ3v) is 29.9. The van der Waals surface area contributed by atoms with Gasteiger partial charge in [-0.05, 0) is 205 Å². The Labute approximate surface area is 817 Å². The summed E-state index contributed by atoms with van der Waals surface area (Å²) in [5, 5.41) is 65.9. The van der Waals surface area contributed by atoms with Crippen LogP contribution in [0.3, 0.4) is 0 Å². The Hall–Kier alpha value is -2.07. The average Bonchev–Trinajstić information content (AvgIpc) is 1.78. The standard InChI is InChI=1S/C28H52NO8P3S.C28H50NO6P3S.C28H47NO6S.C10H14NO2PS/c1-17(25(37-40)19(3)26(31)27(5,6)24(36-39)11-13-34-33-8)10-9-12-28(7,32)23(30)15-22(35-38)18(2)14-21-16-41-20(4)29-21;1-18(12-13-24(33-36)20(3)16-23-17-39-22(5)29-23)10-9-11-19(2)26(35-38)21(4)27(30)28(6,7)25(34-37)14-15-32-31-8;1-18(12-13-24(30)20(3)16-23-17-36-22(5)29-23)10-9-11-19(2)26(32)21(4)27(33)28(6,7)25(31)14-15-35-34-8;1-7(10(13-14)3-4-12)5-9-6-15-8(2)11-9/h14,16-17,19,22-25,30,32H,9-13,15,38-40H2,1-8H3;12,16-17,19,21,24-26H,9-11,13-15,36-38H2,1-8H3;12,16-17,19,21,24-26,30-32H,9-11,13-15H2,1-8H3;4-6,10H,3,14H2,1-2H3/b18-14+;2*18-12-,20-16+;7-5+. The lowest BCUT2D eigenvalue weighted by Gasteiger charge is -2.37. The number of aromatic nitrogens is 4. The van der Waals surface area contributed by atoms with Gasteiger partial charge in [0.1, 0.15) is 23.6 Å². The van der Waals surface area contributed by atoms with Crippen LogP contribution in [0.4, 0.5) is 0 Å². The molecule has 0 aliphatic carbocycles. The van der Waals surface area contributed by atoms with E-state index in [2.05, 4.69) is 152 Å². The van der Waals surface area contributed by atoms with Crippen molar-refractivity contribution < 1.29 is 106 Å². The summed E-state index contributed by atoms with van der Waals surface area (Å²) in [6.07, 6.45) is 18.5. The number of allylic oxidation sites excluding steroid dienone is 2. The van der Waals surface area contributed by atoms with Gasteiger partial charge in [-0.3, -0.25) is 14.4 Å². The van der Waals surface area contributed by atoms with E-state index in [0.717, 1.165) is 116 Å². The van der Waals surface area contributed by atoms with E-state index < -0.39 is 58.1 Å². The number of ketones is 3. The number of carbonyl (C=O) groups is 4. The molecule has 37 heteroatoms. The Morgan fingerprint density at radius 2 is 0.756 bits per heavy atom. The molecule has 0 radical (unpaired) electrons. The van der Waals surface area contributed by atoms with Gasteiger partial charge in [-0.1, -0.05) is 113 Å². The molecule has 4 aromatic heterocycles. The van der Waals surface area contributed by atoms with Crippen molar-refractivity contribution >= 4 is 160 Å². The van der Waals surface area contributed by atoms with Gasteiger partial charge >= 0.3 is 0 Å². The maximum absolute atomic E-state index is 13.6. The minimum absolute atomic E-state index is 0.00798. The van der Waals surface area contributed by atoms with Gasteiger partial charge in [-0.15, -0.1) is 45.3 Å². The third kappa shape index (κ3) is 46.5. The number of aliphatic hydroxyl groups excluding tert-OH is 4. The predicted octanol–water partition coefficient (Wildman–Crippen LogP) is 21.5. The lowest BCUT2D eigenvalue weighted by atomic mass is 9.73. The van der Waals surface area contributed by atoms with Crippen LogP contribution in [0, 0.1) is 79.4 Å². The molecule has 4 aromatic rings. The van der Waals surface area contributed by atoms with E-state index in [0.29, 0.717) is 58.2 Å². The van der Waals surface area contributed by atoms with Crippen LogP contribution >= 0.6 is 112 Å². The lowest BCUT2D eigenvalue weighted by molar-refractivity contribution is -0.276. The Morgan fingerprint density at radius 1 is 0.420 bits per heavy atom. The number of Topliss-reactive ketones (excluding diaryl/α,β-unsaturated/α-hetero) is 3. The quantitative estimate of drug-likeness (QED) is 0.00684. The number of thiazole rings is 4. The summed E-state index contributed by atoms with van der Waals surface area (Å²) < 4.78 is 39.0. The first kappa shape index (κ1) is 127. The molecule has 4 rings (SSSR count). The van der Waals surface area contributed by atoms with Gasteiger partial charge in [-0.2, -0.15) is 0 Å². The molecule has 750 valence electrons. The van der Waals surface area contributed by atoms with Gasteiger partial charge in [0.05, 0.1) is 168 Å². The van der Waals surface area contributed by atoms with Crippen molar-refractivity contribution in [2.24, 2.45) is 51.8 Å². The normalized spacial score (nSPS) is 17.4. The second-order valence-corrected chi connectivity index (χ2v) is 42.4. The first-order chi connectivity index (χ1) is 61.5. The number of carbonyl (C=O) groups excluding carboxylic acids is 4. The van der Waals surface area contributed by atoms with Gasteiger partial charge in [0.25, 0.3) is 0 Å². The molecule has 0 aliphatic heterocycles. The first-order valence-electron chi connectivity index (χ1n) is 44.8. The molecular weight excluding hydrogens is 1880 g/mol. The van der Waals surface area contributed by atoms with Crippen LogP contribution in [0.15, 0.2) is 67.1 Å². The second kappa shape index (κ2) is 67.4. The minimum Gasteiger partial charge on any atom is -0.392 e. The Bertz CT molecular complexity index is 4080. The zero-order valence-corrected chi connectivity index (χ0v) is 94.1. The summed E-state index contributed by atoms with van der Waals surface area (Å²) in [7, 11) is 20.4. The molecule has 4 heterocycles. The van der Waals surface area contributed by atoms with Crippen molar-refractivity contribution in [1.82, 2.24) is 19.9 Å². The summed E-state index contributed by atoms with van der Waals surface area (Å²) in [4.78, 5) is 97.0. The van der Waals surface area contributed by atoms with Gasteiger partial charge in [-0.25, -0.2) is 49.3 Å². The summed E-state index contributed by atoms with van der Waals surface area (Å²) in [5.74, 6) is -1.10. The SMILES string of the molecule is C/C(=C\c1csc(C)n1)C(CC=O)OP.COOCCC(O)C(C)(C)C(=O)C(C)C(O)C(C)CCC/C(C)=C\CC(O)/C(C)=C/c1csc(C)n1.COOCCC(OP)C(C)(C)C(=O)C(C)C(OP)C(C)CCC/C(C)=C\CC(OP)/C(C)=C/c1csc(C)n1.COOCCC(OP)C(C)(C)C(=O)C(C)C(OP)C(C)CCCC(C)(O)C(O)CC(OP)/C(C)=C/c1csc(C)n1. The van der Waals surface area contributed by atoms with Crippen LogP contribution in [0.2, 0.25) is 0 Å². The highest BCUT2D eigenvalue weighted by Gasteiger charge is 2.46. The Balaban J connectivity index is 0.000000909. The Kier molecular flexibility index (Phi) is 65.3. The molecule has 0 saturated heterocycles. The van der Waals surface area contributed by atoms with Crippen molar-refractivity contribution in [3.05, 3.63) is 110 Å². The van der Waals surface area contributed by atoms with Crippen molar-refractivity contribution in [1.29, 1.82) is 0 Å². The van der Waals surface area contributed by atoms with Crippen molar-refractivity contribution in [3.8, 4) is 0 Å². The Morgan fingerprint density at radius 3 is 1.10 bits per heavy atom. The number of aldehydes is 1. The highest BCUT2D eigenvalue weighted by Crippen LogP contribution is 2.40. The van der Waals surface area contributed by atoms with Gasteiger partial charge < -0.3 is 62.0 Å². The number of hydrogen-bond donors (Lipinski definition) is 5. The molecule has 25 unspecified atom stereocenters. The maximum Gasteiger partial charge on any atom is 0.146 e. The zero-order chi connectivity index (χ0) is 99.7. The lowest BCUT2D eigenvalue weighted by Crippen LogP contribution is -2.45. The smallest absolute Gasteiger partial charge is 0.146 e. The molecular formula is C94H163N4O22P7S4. The van der Waals surface area contributed by atoms with E-state index in [1.54, 1.807) is 73.0 Å². The fourth-order valence-electron chi connectivity index (χ4n) is 15.5. The van der Waals surface area contributed by atoms with Crippen LogP contribution in [-0.2, 0) is 80.2 Å². The molecule has 25 atom stereocenters. The molecule has 0 saturated carbocycles. The molecule has 5 N–H and O–H groups in total. The molecule has 0 amide bonds. The maximum atomic E-state index is 13.6. The van der Waals surface area contributed by atoms with Crippen LogP contribution in [-0.4, -0.2) is 183 Å². The van der Waals surface area contributed by atoms with Gasteiger partial charge in [0.15, 0.2) is 0 Å². The second-order valence-electron chi connectivity index (χ2n) is 36.2. The molecule has 0 aliphatic rings. The van der Waals surface area contributed by atoms with E-state index in [9.17, 15) is 44.7 Å². The largest absolute Gasteiger partial charge is 0.392 e. The van der Waals surface area contributed by atoms with E-state index >= 15 is 0 Å². The van der Waals surface area contributed by atoms with Crippen LogP contribution in [0.1, 0.15) is 277 Å².